The van der Waals surface area contributed by atoms with E-state index in [1.807, 2.05) is 25.1 Å². The van der Waals surface area contributed by atoms with E-state index in [1.165, 1.54) is 17.7 Å². The average Bonchev–Trinajstić information content (AvgIpc) is 2.48. The first kappa shape index (κ1) is 15.0. The van der Waals surface area contributed by atoms with E-state index >= 15 is 0 Å². The van der Waals surface area contributed by atoms with Crippen LogP contribution in [0.3, 0.4) is 0 Å². The number of nitrogens with zero attached hydrogens (tertiary/aromatic N) is 2. The van der Waals surface area contributed by atoms with E-state index in [0.717, 1.165) is 38.4 Å². The normalized spacial score (nSPS) is 16.1. The molecule has 0 aliphatic carbocycles. The van der Waals surface area contributed by atoms with Crippen LogP contribution in [-0.2, 0) is 16.1 Å². The molecule has 5 nitrogen and oxygen atoms in total. The number of carbonyl (C=O) groups is 1. The lowest BCUT2D eigenvalue weighted by atomic mass is 10.0. The van der Waals surface area contributed by atoms with Gasteiger partial charge in [0.2, 0.25) is 0 Å². The van der Waals surface area contributed by atoms with Crippen molar-refractivity contribution in [2.45, 2.75) is 13.5 Å². The van der Waals surface area contributed by atoms with Crippen molar-refractivity contribution in [1.29, 1.82) is 0 Å². The van der Waals surface area contributed by atoms with Gasteiger partial charge in [0.25, 0.3) is 5.91 Å². The third-order valence-corrected chi connectivity index (χ3v) is 3.65. The van der Waals surface area contributed by atoms with Gasteiger partial charge in [-0.3, -0.25) is 14.5 Å². The molecule has 1 aromatic carbocycles. The molecule has 0 atom stereocenters. The predicted octanol–water partition coefficient (Wildman–Crippen LogP) is 1.46. The molecular formula is C15H22N2O3. The Morgan fingerprint density at radius 3 is 2.70 bits per heavy atom. The van der Waals surface area contributed by atoms with Gasteiger partial charge in [-0.25, -0.2) is 5.06 Å². The molecule has 20 heavy (non-hydrogen) atoms. The number of hydroxylamine groups is 2. The molecule has 1 amide bonds. The number of carbonyl (C=O) groups excluding carboxylic acids is 1. The van der Waals surface area contributed by atoms with E-state index in [2.05, 4.69) is 4.90 Å². The van der Waals surface area contributed by atoms with Gasteiger partial charge in [0.15, 0.2) is 0 Å². The summed E-state index contributed by atoms with van der Waals surface area (Å²) in [6, 6.07) is 5.82. The van der Waals surface area contributed by atoms with Crippen molar-refractivity contribution in [3.8, 4) is 0 Å². The summed E-state index contributed by atoms with van der Waals surface area (Å²) in [5.41, 5.74) is 3.04. The molecule has 1 fully saturated rings. The van der Waals surface area contributed by atoms with Crippen LogP contribution < -0.4 is 0 Å². The zero-order chi connectivity index (χ0) is 14.5. The van der Waals surface area contributed by atoms with Gasteiger partial charge >= 0.3 is 0 Å². The Morgan fingerprint density at radius 2 is 2.10 bits per heavy atom. The second kappa shape index (κ2) is 6.83. The molecule has 0 N–H and O–H groups in total. The van der Waals surface area contributed by atoms with Crippen molar-refractivity contribution in [2.75, 3.05) is 40.5 Å². The molecule has 110 valence electrons. The largest absolute Gasteiger partial charge is 0.379 e. The summed E-state index contributed by atoms with van der Waals surface area (Å²) in [7, 11) is 3.09. The lowest BCUT2D eigenvalue weighted by Gasteiger charge is -2.27. The SMILES string of the molecule is CON(C)C(=O)c1ccc(CN2CCOCC2)c(C)c1. The molecular weight excluding hydrogens is 256 g/mol. The molecule has 1 aromatic rings. The first-order chi connectivity index (χ1) is 9.61. The minimum atomic E-state index is -0.131. The smallest absolute Gasteiger partial charge is 0.277 e. The maximum atomic E-state index is 12.0. The third kappa shape index (κ3) is 3.56. The number of rotatable bonds is 4. The van der Waals surface area contributed by atoms with Crippen LogP contribution >= 0.6 is 0 Å². The number of ether oxygens (including phenoxy) is 1. The fourth-order valence-corrected chi connectivity index (χ4v) is 2.27. The van der Waals surface area contributed by atoms with E-state index in [4.69, 9.17) is 9.57 Å². The molecule has 0 spiro atoms. The average molecular weight is 278 g/mol. The molecule has 0 bridgehead atoms. The van der Waals surface area contributed by atoms with Crippen molar-refractivity contribution < 1.29 is 14.4 Å². The Hall–Kier alpha value is -1.43. The predicted molar refractivity (Wildman–Crippen MR) is 76.4 cm³/mol. The Morgan fingerprint density at radius 1 is 1.40 bits per heavy atom. The standard InChI is InChI=1S/C15H22N2O3/c1-12-10-13(15(18)16(2)19-3)4-5-14(12)11-17-6-8-20-9-7-17/h4-5,10H,6-9,11H2,1-3H3. The van der Waals surface area contributed by atoms with Crippen LogP contribution in [-0.4, -0.2) is 56.3 Å². The maximum absolute atomic E-state index is 12.0. The van der Waals surface area contributed by atoms with E-state index in [9.17, 15) is 4.79 Å². The van der Waals surface area contributed by atoms with Crippen LogP contribution in [0.25, 0.3) is 0 Å². The fourth-order valence-electron chi connectivity index (χ4n) is 2.27. The molecule has 5 heteroatoms. The third-order valence-electron chi connectivity index (χ3n) is 3.65. The lowest BCUT2D eigenvalue weighted by Crippen LogP contribution is -2.35. The zero-order valence-corrected chi connectivity index (χ0v) is 12.4. The molecule has 0 aromatic heterocycles. The molecule has 0 saturated carbocycles. The number of aryl methyl sites for hydroxylation is 1. The minimum absolute atomic E-state index is 0.131. The summed E-state index contributed by atoms with van der Waals surface area (Å²) >= 11 is 0. The van der Waals surface area contributed by atoms with Crippen LogP contribution in [0.15, 0.2) is 18.2 Å². The summed E-state index contributed by atoms with van der Waals surface area (Å²) in [6.07, 6.45) is 0. The Labute approximate surface area is 120 Å². The van der Waals surface area contributed by atoms with E-state index in [1.54, 1.807) is 7.05 Å². The Bertz CT molecular complexity index is 470. The highest BCUT2D eigenvalue weighted by Crippen LogP contribution is 2.15. The van der Waals surface area contributed by atoms with E-state index in [0.29, 0.717) is 5.56 Å². The summed E-state index contributed by atoms with van der Waals surface area (Å²) in [4.78, 5) is 19.3. The Kier molecular flexibility index (Phi) is 5.11. The van der Waals surface area contributed by atoms with Crippen LogP contribution in [0.4, 0.5) is 0 Å². The number of hydrogen-bond acceptors (Lipinski definition) is 4. The molecule has 1 aliphatic heterocycles. The summed E-state index contributed by atoms with van der Waals surface area (Å²) in [5.74, 6) is -0.131. The Balaban J connectivity index is 2.07. The maximum Gasteiger partial charge on any atom is 0.277 e. The van der Waals surface area contributed by atoms with Crippen molar-refractivity contribution in [2.24, 2.45) is 0 Å². The molecule has 0 radical (unpaired) electrons. The number of morpholine rings is 1. The van der Waals surface area contributed by atoms with Crippen molar-refractivity contribution in [3.63, 3.8) is 0 Å². The van der Waals surface area contributed by atoms with Gasteiger partial charge < -0.3 is 4.74 Å². The topological polar surface area (TPSA) is 42.0 Å². The first-order valence-corrected chi connectivity index (χ1v) is 6.83. The second-order valence-electron chi connectivity index (χ2n) is 5.01. The summed E-state index contributed by atoms with van der Waals surface area (Å²) in [5, 5.41) is 1.23. The monoisotopic (exact) mass is 278 g/mol. The zero-order valence-electron chi connectivity index (χ0n) is 12.4. The van der Waals surface area contributed by atoms with Gasteiger partial charge in [0, 0.05) is 32.2 Å². The van der Waals surface area contributed by atoms with Gasteiger partial charge in [0.1, 0.15) is 0 Å². The summed E-state index contributed by atoms with van der Waals surface area (Å²) < 4.78 is 5.35. The van der Waals surface area contributed by atoms with E-state index < -0.39 is 0 Å². The van der Waals surface area contributed by atoms with Crippen LogP contribution in [0.5, 0.6) is 0 Å². The summed E-state index contributed by atoms with van der Waals surface area (Å²) in [6.45, 7) is 6.48. The van der Waals surface area contributed by atoms with Crippen molar-refractivity contribution in [3.05, 3.63) is 34.9 Å². The van der Waals surface area contributed by atoms with E-state index in [-0.39, 0.29) is 5.91 Å². The second-order valence-corrected chi connectivity index (χ2v) is 5.01. The molecule has 1 heterocycles. The van der Waals surface area contributed by atoms with Crippen LogP contribution in [0, 0.1) is 6.92 Å². The lowest BCUT2D eigenvalue weighted by molar-refractivity contribution is -0.0757. The number of benzene rings is 1. The van der Waals surface area contributed by atoms with Crippen molar-refractivity contribution in [1.82, 2.24) is 9.96 Å². The molecule has 2 rings (SSSR count). The highest BCUT2D eigenvalue weighted by Gasteiger charge is 2.15. The van der Waals surface area contributed by atoms with Gasteiger partial charge in [0.05, 0.1) is 20.3 Å². The number of amides is 1. The van der Waals surface area contributed by atoms with Crippen LogP contribution in [0.1, 0.15) is 21.5 Å². The van der Waals surface area contributed by atoms with Gasteiger partial charge in [-0.2, -0.15) is 0 Å². The molecule has 1 saturated heterocycles. The number of hydrogen-bond donors (Lipinski definition) is 0. The quantitative estimate of drug-likeness (QED) is 0.782. The van der Waals surface area contributed by atoms with Gasteiger partial charge in [-0.1, -0.05) is 6.07 Å². The van der Waals surface area contributed by atoms with Crippen molar-refractivity contribution >= 4 is 5.91 Å². The van der Waals surface area contributed by atoms with Gasteiger partial charge in [-0.05, 0) is 30.2 Å². The fraction of sp³-hybridized carbons (Fsp3) is 0.533. The highest BCUT2D eigenvalue weighted by molar-refractivity contribution is 5.93. The molecule has 0 unspecified atom stereocenters. The van der Waals surface area contributed by atoms with Crippen LogP contribution in [0.2, 0.25) is 0 Å². The highest BCUT2D eigenvalue weighted by atomic mass is 16.7. The minimum Gasteiger partial charge on any atom is -0.379 e. The van der Waals surface area contributed by atoms with Gasteiger partial charge in [-0.15, -0.1) is 0 Å². The first-order valence-electron chi connectivity index (χ1n) is 6.83. The molecule has 1 aliphatic rings.